The molecule has 28 heavy (non-hydrogen) atoms. The monoisotopic (exact) mass is 421 g/mol. The van der Waals surface area contributed by atoms with Crippen molar-refractivity contribution < 1.29 is 35.1 Å². The minimum Gasteiger partial charge on any atom is -0.356 e. The summed E-state index contributed by atoms with van der Waals surface area (Å²) in [6.07, 6.45) is -9.33. The smallest absolute Gasteiger partial charge is 0.356 e. The highest BCUT2D eigenvalue weighted by Crippen LogP contribution is 2.40. The Hall–Kier alpha value is -2.04. The summed E-state index contributed by atoms with van der Waals surface area (Å²) in [5.74, 6) is 0. The lowest BCUT2D eigenvalue weighted by Gasteiger charge is -2.27. The van der Waals surface area contributed by atoms with Crippen LogP contribution in [0.1, 0.15) is 22.9 Å². The van der Waals surface area contributed by atoms with Crippen molar-refractivity contribution in [3.05, 3.63) is 65.2 Å². The van der Waals surface area contributed by atoms with Crippen LogP contribution < -0.4 is 0 Å². The molecule has 0 bridgehead atoms. The van der Waals surface area contributed by atoms with E-state index in [0.29, 0.717) is 10.4 Å². The van der Waals surface area contributed by atoms with Gasteiger partial charge in [-0.05, 0) is 36.8 Å². The Kier molecular flexibility index (Phi) is 5.48. The van der Waals surface area contributed by atoms with Crippen LogP contribution in [0.5, 0.6) is 0 Å². The van der Waals surface area contributed by atoms with Crippen LogP contribution in [0.3, 0.4) is 0 Å². The number of alkyl halides is 5. The molecule has 0 aliphatic carbocycles. The van der Waals surface area contributed by atoms with Crippen LogP contribution in [0, 0.1) is 6.92 Å². The zero-order chi connectivity index (χ0) is 20.7. The highest BCUT2D eigenvalue weighted by Gasteiger charge is 2.48. The van der Waals surface area contributed by atoms with E-state index in [2.05, 4.69) is 0 Å². The fourth-order valence-corrected chi connectivity index (χ4v) is 4.61. The first kappa shape index (κ1) is 20.7. The molecule has 0 N–H and O–H groups in total. The lowest BCUT2D eigenvalue weighted by atomic mass is 10.1. The summed E-state index contributed by atoms with van der Waals surface area (Å²) in [6, 6.07) is 7.51. The molecule has 0 aromatic heterocycles. The molecular formula is C18H16F5NO3S. The average molecular weight is 421 g/mol. The van der Waals surface area contributed by atoms with E-state index in [1.165, 1.54) is 30.3 Å². The van der Waals surface area contributed by atoms with Crippen LogP contribution in [0.2, 0.25) is 0 Å². The summed E-state index contributed by atoms with van der Waals surface area (Å²) < 4.78 is 97.7. The molecule has 0 spiro atoms. The fourth-order valence-electron chi connectivity index (χ4n) is 2.94. The molecule has 3 rings (SSSR count). The van der Waals surface area contributed by atoms with Crippen LogP contribution in [0.15, 0.2) is 53.4 Å². The summed E-state index contributed by atoms with van der Waals surface area (Å²) in [7, 11) is -4.45. The van der Waals surface area contributed by atoms with Gasteiger partial charge in [-0.2, -0.15) is 17.5 Å². The first-order valence-corrected chi connectivity index (χ1v) is 9.63. The van der Waals surface area contributed by atoms with Crippen molar-refractivity contribution in [3.63, 3.8) is 0 Å². The van der Waals surface area contributed by atoms with Gasteiger partial charge in [-0.1, -0.05) is 29.8 Å². The maximum atomic E-state index is 13.5. The van der Waals surface area contributed by atoms with Gasteiger partial charge in [0.15, 0.2) is 6.23 Å². The third kappa shape index (κ3) is 3.89. The second-order valence-electron chi connectivity index (χ2n) is 6.36. The SMILES string of the molecule is Cc1ccc(S(=O)(=O)N2C(c3cccc(C(F)(F)F)c3)OCC2C(F)F)cc1. The van der Waals surface area contributed by atoms with Crippen LogP contribution >= 0.6 is 0 Å². The molecule has 1 fully saturated rings. The Bertz CT molecular complexity index is 944. The van der Waals surface area contributed by atoms with E-state index in [1.807, 2.05) is 0 Å². The number of sulfonamides is 1. The summed E-state index contributed by atoms with van der Waals surface area (Å²) in [6.45, 7) is 1.09. The molecule has 1 saturated heterocycles. The molecule has 1 heterocycles. The van der Waals surface area contributed by atoms with E-state index in [9.17, 15) is 30.4 Å². The van der Waals surface area contributed by atoms with E-state index in [-0.39, 0.29) is 10.5 Å². The van der Waals surface area contributed by atoms with Crippen molar-refractivity contribution in [2.45, 2.75) is 36.7 Å². The predicted octanol–water partition coefficient (Wildman–Crippen LogP) is 4.37. The number of ether oxygens (including phenoxy) is 1. The van der Waals surface area contributed by atoms with Crippen LogP contribution in [0.25, 0.3) is 0 Å². The third-order valence-corrected chi connectivity index (χ3v) is 6.25. The van der Waals surface area contributed by atoms with Crippen molar-refractivity contribution in [2.75, 3.05) is 6.61 Å². The number of halogens is 5. The van der Waals surface area contributed by atoms with Crippen molar-refractivity contribution in [1.29, 1.82) is 0 Å². The summed E-state index contributed by atoms with van der Waals surface area (Å²) in [4.78, 5) is -0.244. The van der Waals surface area contributed by atoms with Crippen molar-refractivity contribution >= 4 is 10.0 Å². The number of benzene rings is 2. The second-order valence-corrected chi connectivity index (χ2v) is 8.20. The average Bonchev–Trinajstić information content (AvgIpc) is 3.08. The predicted molar refractivity (Wildman–Crippen MR) is 90.1 cm³/mol. The second kappa shape index (κ2) is 7.41. The zero-order valence-corrected chi connectivity index (χ0v) is 15.3. The van der Waals surface area contributed by atoms with E-state index in [0.717, 1.165) is 17.7 Å². The quantitative estimate of drug-likeness (QED) is 0.689. The van der Waals surface area contributed by atoms with Gasteiger partial charge in [0.25, 0.3) is 6.43 Å². The van der Waals surface area contributed by atoms with Crippen LogP contribution in [-0.4, -0.2) is 31.8 Å². The molecule has 2 atom stereocenters. The van der Waals surface area contributed by atoms with E-state index < -0.39 is 47.1 Å². The largest absolute Gasteiger partial charge is 0.416 e. The molecule has 2 aromatic rings. The summed E-state index contributed by atoms with van der Waals surface area (Å²) in [5, 5.41) is 0. The molecule has 152 valence electrons. The summed E-state index contributed by atoms with van der Waals surface area (Å²) in [5.41, 5.74) is -0.438. The van der Waals surface area contributed by atoms with Crippen molar-refractivity contribution in [1.82, 2.24) is 4.31 Å². The van der Waals surface area contributed by atoms with E-state index in [4.69, 9.17) is 4.74 Å². The molecule has 0 amide bonds. The minimum absolute atomic E-state index is 0.173. The first-order chi connectivity index (χ1) is 13.0. The van der Waals surface area contributed by atoms with Gasteiger partial charge in [-0.25, -0.2) is 17.2 Å². The molecule has 0 saturated carbocycles. The van der Waals surface area contributed by atoms with Crippen molar-refractivity contribution in [2.24, 2.45) is 0 Å². The first-order valence-electron chi connectivity index (χ1n) is 8.19. The van der Waals surface area contributed by atoms with E-state index in [1.54, 1.807) is 6.92 Å². The Morgan fingerprint density at radius 2 is 1.75 bits per heavy atom. The van der Waals surface area contributed by atoms with Gasteiger partial charge in [0.2, 0.25) is 10.0 Å². The Labute approximate surface area is 158 Å². The fraction of sp³-hybridized carbons (Fsp3) is 0.333. The minimum atomic E-state index is -4.67. The normalized spacial score (nSPS) is 21.4. The number of rotatable bonds is 4. The van der Waals surface area contributed by atoms with Gasteiger partial charge in [-0.15, -0.1) is 0 Å². The Morgan fingerprint density at radius 1 is 1.11 bits per heavy atom. The van der Waals surface area contributed by atoms with Gasteiger partial charge in [-0.3, -0.25) is 0 Å². The molecule has 1 aliphatic heterocycles. The Balaban J connectivity index is 2.08. The highest BCUT2D eigenvalue weighted by atomic mass is 32.2. The van der Waals surface area contributed by atoms with Gasteiger partial charge in [0.1, 0.15) is 6.04 Å². The highest BCUT2D eigenvalue weighted by molar-refractivity contribution is 7.89. The van der Waals surface area contributed by atoms with Gasteiger partial charge in [0.05, 0.1) is 17.1 Å². The molecule has 4 nitrogen and oxygen atoms in total. The maximum Gasteiger partial charge on any atom is 0.416 e. The van der Waals surface area contributed by atoms with Crippen molar-refractivity contribution in [3.8, 4) is 0 Å². The summed E-state index contributed by atoms with van der Waals surface area (Å²) >= 11 is 0. The van der Waals surface area contributed by atoms with Crippen LogP contribution in [0.4, 0.5) is 22.0 Å². The molecule has 10 heteroatoms. The van der Waals surface area contributed by atoms with Gasteiger partial charge < -0.3 is 4.74 Å². The zero-order valence-electron chi connectivity index (χ0n) is 14.5. The van der Waals surface area contributed by atoms with Crippen LogP contribution in [-0.2, 0) is 20.9 Å². The third-order valence-electron chi connectivity index (χ3n) is 4.37. The number of aryl methyl sites for hydroxylation is 1. The lowest BCUT2D eigenvalue weighted by Crippen LogP contribution is -2.42. The topological polar surface area (TPSA) is 46.6 Å². The number of hydrogen-bond donors (Lipinski definition) is 0. The molecular weight excluding hydrogens is 405 g/mol. The molecule has 0 radical (unpaired) electrons. The molecule has 2 aromatic carbocycles. The van der Waals surface area contributed by atoms with Gasteiger partial charge in [0, 0.05) is 0 Å². The van der Waals surface area contributed by atoms with E-state index >= 15 is 0 Å². The Morgan fingerprint density at radius 3 is 2.32 bits per heavy atom. The standard InChI is InChI=1S/C18H16F5NO3S/c1-11-5-7-14(8-6-11)28(25,26)24-15(16(19)20)10-27-17(24)12-3-2-4-13(9-12)18(21,22)23/h2-9,15-17H,10H2,1H3. The molecule has 2 unspecified atom stereocenters. The maximum absolute atomic E-state index is 13.5. The number of hydrogen-bond acceptors (Lipinski definition) is 3. The van der Waals surface area contributed by atoms with Gasteiger partial charge >= 0.3 is 6.18 Å². The number of nitrogens with zero attached hydrogens (tertiary/aromatic N) is 1. The molecule has 1 aliphatic rings. The lowest BCUT2D eigenvalue weighted by molar-refractivity contribution is -0.137.